The van der Waals surface area contributed by atoms with E-state index in [1.165, 1.54) is 11.1 Å². The summed E-state index contributed by atoms with van der Waals surface area (Å²) in [5, 5.41) is 3.28. The summed E-state index contributed by atoms with van der Waals surface area (Å²) in [6, 6.07) is 0. The summed E-state index contributed by atoms with van der Waals surface area (Å²) >= 11 is 0. The molecule has 4 N–H and O–H groups in total. The van der Waals surface area contributed by atoms with Crippen molar-refractivity contribution in [2.24, 2.45) is 11.8 Å². The van der Waals surface area contributed by atoms with Gasteiger partial charge < -0.3 is 10.7 Å². The quantitative estimate of drug-likeness (QED) is 0.355. The maximum Gasteiger partial charge on any atom is 0.0447 e. The second kappa shape index (κ2) is 10.3. The lowest BCUT2D eigenvalue weighted by molar-refractivity contribution is 0.554. The van der Waals surface area contributed by atoms with Gasteiger partial charge in [-0.2, -0.15) is 0 Å². The summed E-state index contributed by atoms with van der Waals surface area (Å²) in [5.74, 6) is 6.01. The highest BCUT2D eigenvalue weighted by atomic mass is 15.2. The van der Waals surface area contributed by atoms with Gasteiger partial charge in [0.2, 0.25) is 0 Å². The van der Waals surface area contributed by atoms with Gasteiger partial charge in [0.15, 0.2) is 0 Å². The second-order valence-electron chi connectivity index (χ2n) is 5.25. The van der Waals surface area contributed by atoms with Gasteiger partial charge in [-0.3, -0.25) is 5.84 Å². The molecule has 0 bridgehead atoms. The van der Waals surface area contributed by atoms with Gasteiger partial charge in [-0.25, -0.2) is 0 Å². The first-order valence-electron chi connectivity index (χ1n) is 7.37. The van der Waals surface area contributed by atoms with Crippen LogP contribution in [-0.4, -0.2) is 0 Å². The van der Waals surface area contributed by atoms with Crippen molar-refractivity contribution in [2.45, 2.75) is 54.4 Å². The van der Waals surface area contributed by atoms with Crippen molar-refractivity contribution in [3.05, 3.63) is 47.0 Å². The van der Waals surface area contributed by atoms with Crippen LogP contribution in [0.3, 0.4) is 0 Å². The number of allylic oxidation sites excluding steroid dienone is 7. The van der Waals surface area contributed by atoms with Crippen LogP contribution in [0.25, 0.3) is 0 Å². The van der Waals surface area contributed by atoms with Crippen LogP contribution in [-0.2, 0) is 0 Å². The van der Waals surface area contributed by atoms with E-state index in [2.05, 4.69) is 63.6 Å². The fourth-order valence-electron chi connectivity index (χ4n) is 1.76. The number of rotatable bonds is 8. The Labute approximate surface area is 124 Å². The zero-order valence-corrected chi connectivity index (χ0v) is 13.9. The SMILES string of the molecule is C\C=C(C)/C(C)=C/C=C(\C)N/C=C(\NN)C(C)CCC. The summed E-state index contributed by atoms with van der Waals surface area (Å²) in [4.78, 5) is 0. The fourth-order valence-corrected chi connectivity index (χ4v) is 1.76. The third-order valence-corrected chi connectivity index (χ3v) is 3.51. The molecule has 0 saturated carbocycles. The van der Waals surface area contributed by atoms with Gasteiger partial charge >= 0.3 is 0 Å². The third-order valence-electron chi connectivity index (χ3n) is 3.51. The molecule has 0 aromatic heterocycles. The van der Waals surface area contributed by atoms with E-state index in [-0.39, 0.29) is 0 Å². The molecule has 20 heavy (non-hydrogen) atoms. The Morgan fingerprint density at radius 1 is 1.15 bits per heavy atom. The highest BCUT2D eigenvalue weighted by molar-refractivity contribution is 5.30. The highest BCUT2D eigenvalue weighted by Crippen LogP contribution is 2.12. The Morgan fingerprint density at radius 3 is 2.30 bits per heavy atom. The van der Waals surface area contributed by atoms with Gasteiger partial charge in [-0.15, -0.1) is 0 Å². The van der Waals surface area contributed by atoms with E-state index >= 15 is 0 Å². The average Bonchev–Trinajstić information content (AvgIpc) is 2.44. The van der Waals surface area contributed by atoms with Crippen LogP contribution in [0.5, 0.6) is 0 Å². The van der Waals surface area contributed by atoms with E-state index < -0.39 is 0 Å². The molecule has 1 unspecified atom stereocenters. The van der Waals surface area contributed by atoms with Crippen molar-refractivity contribution in [2.75, 3.05) is 0 Å². The van der Waals surface area contributed by atoms with Crippen LogP contribution in [0.4, 0.5) is 0 Å². The molecule has 0 aliphatic rings. The second-order valence-corrected chi connectivity index (χ2v) is 5.25. The van der Waals surface area contributed by atoms with E-state index in [4.69, 9.17) is 5.84 Å². The number of nitrogens with two attached hydrogens (primary N) is 1. The van der Waals surface area contributed by atoms with Gasteiger partial charge in [-0.1, -0.05) is 38.0 Å². The Balaban J connectivity index is 4.70. The van der Waals surface area contributed by atoms with Gasteiger partial charge in [0.05, 0.1) is 0 Å². The molecule has 114 valence electrons. The lowest BCUT2D eigenvalue weighted by atomic mass is 10.0. The molecule has 0 aromatic carbocycles. The van der Waals surface area contributed by atoms with Crippen molar-refractivity contribution >= 4 is 0 Å². The largest absolute Gasteiger partial charge is 0.364 e. The van der Waals surface area contributed by atoms with Crippen LogP contribution in [0, 0.1) is 5.92 Å². The number of hydrogen-bond acceptors (Lipinski definition) is 3. The van der Waals surface area contributed by atoms with Crippen molar-refractivity contribution in [3.63, 3.8) is 0 Å². The molecule has 0 radical (unpaired) electrons. The van der Waals surface area contributed by atoms with E-state index in [1.54, 1.807) is 0 Å². The zero-order valence-electron chi connectivity index (χ0n) is 13.9. The number of nitrogens with one attached hydrogen (secondary N) is 2. The highest BCUT2D eigenvalue weighted by Gasteiger charge is 2.05. The smallest absolute Gasteiger partial charge is 0.0447 e. The maximum absolute atomic E-state index is 5.57. The Kier molecular flexibility index (Phi) is 9.56. The molecule has 0 aromatic rings. The Morgan fingerprint density at radius 2 is 1.80 bits per heavy atom. The van der Waals surface area contributed by atoms with Crippen LogP contribution in [0.2, 0.25) is 0 Å². The summed E-state index contributed by atoms with van der Waals surface area (Å²) in [6.45, 7) is 12.7. The fraction of sp³-hybridized carbons (Fsp3) is 0.529. The average molecular weight is 277 g/mol. The number of hydrazine groups is 1. The monoisotopic (exact) mass is 277 g/mol. The molecule has 3 nitrogen and oxygen atoms in total. The van der Waals surface area contributed by atoms with E-state index in [0.717, 1.165) is 24.2 Å². The summed E-state index contributed by atoms with van der Waals surface area (Å²) < 4.78 is 0. The van der Waals surface area contributed by atoms with Crippen molar-refractivity contribution in [1.82, 2.24) is 10.7 Å². The third kappa shape index (κ3) is 7.19. The first kappa shape index (κ1) is 18.5. The normalized spacial score (nSPS) is 16.1. The molecule has 3 heteroatoms. The Bertz CT molecular complexity index is 400. The van der Waals surface area contributed by atoms with E-state index in [9.17, 15) is 0 Å². The molecule has 0 spiro atoms. The van der Waals surface area contributed by atoms with Crippen LogP contribution in [0.1, 0.15) is 54.4 Å². The minimum atomic E-state index is 0.438. The molecule has 0 saturated heterocycles. The molecule has 0 fully saturated rings. The number of hydrogen-bond donors (Lipinski definition) is 3. The first-order valence-corrected chi connectivity index (χ1v) is 7.37. The molecule has 1 atom stereocenters. The minimum absolute atomic E-state index is 0.438. The van der Waals surface area contributed by atoms with Crippen molar-refractivity contribution in [3.8, 4) is 0 Å². The van der Waals surface area contributed by atoms with Crippen LogP contribution < -0.4 is 16.6 Å². The van der Waals surface area contributed by atoms with Gasteiger partial charge in [0.1, 0.15) is 0 Å². The summed E-state index contributed by atoms with van der Waals surface area (Å²) in [7, 11) is 0. The van der Waals surface area contributed by atoms with Crippen molar-refractivity contribution < 1.29 is 0 Å². The topological polar surface area (TPSA) is 50.1 Å². The van der Waals surface area contributed by atoms with E-state index in [0.29, 0.717) is 5.92 Å². The first-order chi connectivity index (χ1) is 9.46. The molecule has 0 heterocycles. The predicted octanol–water partition coefficient (Wildman–Crippen LogP) is 4.13. The van der Waals surface area contributed by atoms with Gasteiger partial charge in [0.25, 0.3) is 0 Å². The minimum Gasteiger partial charge on any atom is -0.364 e. The van der Waals surface area contributed by atoms with E-state index in [1.807, 2.05) is 13.1 Å². The maximum atomic E-state index is 5.57. The zero-order chi connectivity index (χ0) is 15.5. The predicted molar refractivity (Wildman–Crippen MR) is 89.6 cm³/mol. The van der Waals surface area contributed by atoms with Gasteiger partial charge in [-0.05, 0) is 51.7 Å². The van der Waals surface area contributed by atoms with Crippen LogP contribution in [0.15, 0.2) is 47.0 Å². The molecular formula is C17H31N3. The van der Waals surface area contributed by atoms with Crippen LogP contribution >= 0.6 is 0 Å². The molecule has 0 aliphatic carbocycles. The standard InChI is InChI=1S/C17H31N3/c1-7-9-15(5)17(20-18)12-19-16(6)11-10-14(4)13(3)8-2/h8,10-12,15,19-20H,7,9,18H2,1-6H3/b13-8-,14-10+,16-11+,17-12-. The molecular weight excluding hydrogens is 246 g/mol. The van der Waals surface area contributed by atoms with Crippen molar-refractivity contribution in [1.29, 1.82) is 0 Å². The molecule has 0 amide bonds. The molecule has 0 rings (SSSR count). The lowest BCUT2D eigenvalue weighted by Crippen LogP contribution is -2.27. The summed E-state index contributed by atoms with van der Waals surface area (Å²) in [5.41, 5.74) is 7.47. The lowest BCUT2D eigenvalue weighted by Gasteiger charge is -2.15. The molecule has 0 aliphatic heterocycles. The van der Waals surface area contributed by atoms with Gasteiger partial charge in [0, 0.05) is 17.6 Å². The summed E-state index contributed by atoms with van der Waals surface area (Å²) in [6.07, 6.45) is 10.6. The Hall–Kier alpha value is -1.48.